The number of hydrogen-bond donors (Lipinski definition) is 0. The van der Waals surface area contributed by atoms with E-state index >= 15 is 0 Å². The van der Waals surface area contributed by atoms with Gasteiger partial charge in [-0.2, -0.15) is 0 Å². The summed E-state index contributed by atoms with van der Waals surface area (Å²) in [6.45, 7) is 9.39. The van der Waals surface area contributed by atoms with Crippen molar-refractivity contribution in [3.8, 4) is 22.3 Å². The normalized spacial score (nSPS) is 14.3. The summed E-state index contributed by atoms with van der Waals surface area (Å²) in [5.41, 5.74) is 14.0. The van der Waals surface area contributed by atoms with Gasteiger partial charge in [-0.15, -0.1) is 0 Å². The van der Waals surface area contributed by atoms with Crippen molar-refractivity contribution in [2.24, 2.45) is 0 Å². The lowest BCUT2D eigenvalue weighted by molar-refractivity contribution is 1.03. The Morgan fingerprint density at radius 1 is 0.622 bits per heavy atom. The molecule has 0 bridgehead atoms. The molecule has 6 rings (SSSR count). The highest BCUT2D eigenvalue weighted by atomic mass is 28.3. The molecule has 37 heavy (non-hydrogen) atoms. The summed E-state index contributed by atoms with van der Waals surface area (Å²) in [5, 5.41) is 3.42. The van der Waals surface area contributed by atoms with Crippen molar-refractivity contribution in [1.82, 2.24) is 0 Å². The lowest BCUT2D eigenvalue weighted by Crippen LogP contribution is -2.36. The molecule has 4 aromatic rings. The second-order valence-corrected chi connectivity index (χ2v) is 15.7. The number of rotatable bonds is 6. The van der Waals surface area contributed by atoms with Gasteiger partial charge in [-0.3, -0.25) is 0 Å². The van der Waals surface area contributed by atoms with Crippen LogP contribution >= 0.6 is 0 Å². The fourth-order valence-electron chi connectivity index (χ4n) is 6.60. The van der Waals surface area contributed by atoms with Crippen LogP contribution in [-0.2, 0) is 12.8 Å². The van der Waals surface area contributed by atoms with Gasteiger partial charge in [0.05, 0.1) is 0 Å². The van der Waals surface area contributed by atoms with E-state index in [0.29, 0.717) is 0 Å². The standard InChI is InChI=1S/C36H36Si/c1-5-18-37(4,31-21-29-14-8-16-33(35(29)23-31)27-12-6-10-25(2)19-27)32-22-30-15-9-17-34(36(30)24-32)28-13-7-11-26(3)20-28/h6-17,19-20,23-24H,5,18,21-22H2,1-4H3. The highest BCUT2D eigenvalue weighted by molar-refractivity contribution is 6.93. The summed E-state index contributed by atoms with van der Waals surface area (Å²) in [6.07, 6.45) is 8.65. The summed E-state index contributed by atoms with van der Waals surface area (Å²) in [7, 11) is -1.83. The Bertz CT molecular complexity index is 1450. The molecular formula is C36H36Si. The molecule has 0 aromatic heterocycles. The first-order valence-corrected chi connectivity index (χ1v) is 16.5. The van der Waals surface area contributed by atoms with Crippen LogP contribution in [0.4, 0.5) is 0 Å². The van der Waals surface area contributed by atoms with Gasteiger partial charge in [0, 0.05) is 0 Å². The number of allylic oxidation sites excluding steroid dienone is 2. The molecule has 2 aliphatic rings. The fraction of sp³-hybridized carbons (Fsp3) is 0.222. The average molecular weight is 497 g/mol. The van der Waals surface area contributed by atoms with E-state index in [4.69, 9.17) is 0 Å². The van der Waals surface area contributed by atoms with Crippen LogP contribution in [0, 0.1) is 13.8 Å². The second kappa shape index (κ2) is 9.47. The van der Waals surface area contributed by atoms with Crippen LogP contribution in [0.5, 0.6) is 0 Å². The number of fused-ring (bicyclic) bond motifs is 2. The van der Waals surface area contributed by atoms with Crippen LogP contribution in [0.3, 0.4) is 0 Å². The summed E-state index contributed by atoms with van der Waals surface area (Å²) < 4.78 is 0. The Balaban J connectivity index is 1.42. The van der Waals surface area contributed by atoms with Gasteiger partial charge in [0.15, 0.2) is 0 Å². The van der Waals surface area contributed by atoms with Crippen molar-refractivity contribution in [3.05, 3.63) is 129 Å². The molecule has 4 aromatic carbocycles. The molecule has 0 spiro atoms. The molecule has 1 heteroatoms. The summed E-state index contributed by atoms with van der Waals surface area (Å²) in [6, 6.07) is 33.1. The monoisotopic (exact) mass is 496 g/mol. The van der Waals surface area contributed by atoms with E-state index < -0.39 is 8.07 Å². The third-order valence-corrected chi connectivity index (χ3v) is 13.6. The second-order valence-electron chi connectivity index (χ2n) is 11.3. The molecule has 0 atom stereocenters. The van der Waals surface area contributed by atoms with E-state index in [-0.39, 0.29) is 0 Å². The predicted molar refractivity (Wildman–Crippen MR) is 163 cm³/mol. The largest absolute Gasteiger partial charge is 0.106 e. The Kier molecular flexibility index (Phi) is 6.13. The zero-order valence-corrected chi connectivity index (χ0v) is 23.6. The van der Waals surface area contributed by atoms with E-state index in [1.165, 1.54) is 68.1 Å². The predicted octanol–water partition coefficient (Wildman–Crippen LogP) is 9.78. The van der Waals surface area contributed by atoms with Crippen LogP contribution in [0.25, 0.3) is 34.4 Å². The quantitative estimate of drug-likeness (QED) is 0.233. The van der Waals surface area contributed by atoms with E-state index in [1.54, 1.807) is 10.4 Å². The summed E-state index contributed by atoms with van der Waals surface area (Å²) in [4.78, 5) is 0. The SMILES string of the molecule is CCC[Si](C)(C1=Cc2c(cccc2-c2cccc(C)c2)C1)C1=Cc2c(cccc2-c2cccc(C)c2)C1. The minimum atomic E-state index is -1.83. The zero-order valence-electron chi connectivity index (χ0n) is 22.6. The van der Waals surface area contributed by atoms with Crippen LogP contribution in [0.15, 0.2) is 95.3 Å². The average Bonchev–Trinajstić information content (AvgIpc) is 3.54. The van der Waals surface area contributed by atoms with Crippen molar-refractivity contribution < 1.29 is 0 Å². The van der Waals surface area contributed by atoms with Crippen LogP contribution in [0.1, 0.15) is 46.7 Å². The summed E-state index contributed by atoms with van der Waals surface area (Å²) in [5.74, 6) is 0. The molecule has 0 nitrogen and oxygen atoms in total. The highest BCUT2D eigenvalue weighted by Crippen LogP contribution is 2.45. The van der Waals surface area contributed by atoms with Gasteiger partial charge >= 0.3 is 0 Å². The molecule has 0 N–H and O–H groups in total. The zero-order chi connectivity index (χ0) is 25.6. The van der Waals surface area contributed by atoms with Gasteiger partial charge < -0.3 is 0 Å². The van der Waals surface area contributed by atoms with Crippen molar-refractivity contribution in [2.75, 3.05) is 0 Å². The highest BCUT2D eigenvalue weighted by Gasteiger charge is 2.39. The van der Waals surface area contributed by atoms with Gasteiger partial charge in [-0.1, -0.05) is 145 Å². The molecule has 0 saturated heterocycles. The minimum absolute atomic E-state index is 1.11. The number of aryl methyl sites for hydroxylation is 2. The lowest BCUT2D eigenvalue weighted by atomic mass is 9.96. The van der Waals surface area contributed by atoms with Gasteiger partial charge in [-0.05, 0) is 71.2 Å². The van der Waals surface area contributed by atoms with Crippen molar-refractivity contribution in [2.45, 2.75) is 52.6 Å². The number of hydrogen-bond acceptors (Lipinski definition) is 0. The smallest absolute Gasteiger partial charge is 0.0712 e. The Morgan fingerprint density at radius 3 is 1.51 bits per heavy atom. The molecule has 184 valence electrons. The third-order valence-electron chi connectivity index (χ3n) is 8.62. The molecular weight excluding hydrogens is 460 g/mol. The van der Waals surface area contributed by atoms with Crippen LogP contribution < -0.4 is 0 Å². The van der Waals surface area contributed by atoms with E-state index in [0.717, 1.165) is 12.8 Å². The van der Waals surface area contributed by atoms with E-state index in [2.05, 4.69) is 124 Å². The van der Waals surface area contributed by atoms with E-state index in [9.17, 15) is 0 Å². The fourth-order valence-corrected chi connectivity index (χ4v) is 10.7. The Labute approximate surface area is 223 Å². The molecule has 0 fully saturated rings. The first kappa shape index (κ1) is 23.9. The summed E-state index contributed by atoms with van der Waals surface area (Å²) >= 11 is 0. The van der Waals surface area contributed by atoms with Gasteiger partial charge in [0.1, 0.15) is 8.07 Å². The van der Waals surface area contributed by atoms with Crippen molar-refractivity contribution in [1.29, 1.82) is 0 Å². The lowest BCUT2D eigenvalue weighted by Gasteiger charge is -2.31. The van der Waals surface area contributed by atoms with Crippen LogP contribution in [-0.4, -0.2) is 8.07 Å². The topological polar surface area (TPSA) is 0 Å². The Hall–Kier alpha value is -3.42. The van der Waals surface area contributed by atoms with Gasteiger partial charge in [-0.25, -0.2) is 0 Å². The minimum Gasteiger partial charge on any atom is -0.0712 e. The molecule has 0 aliphatic heterocycles. The van der Waals surface area contributed by atoms with Gasteiger partial charge in [0.25, 0.3) is 0 Å². The molecule has 0 saturated carbocycles. The number of benzene rings is 4. The van der Waals surface area contributed by atoms with E-state index in [1.807, 2.05) is 0 Å². The maximum atomic E-state index is 2.64. The van der Waals surface area contributed by atoms with Crippen molar-refractivity contribution in [3.63, 3.8) is 0 Å². The molecule has 0 radical (unpaired) electrons. The molecule has 0 amide bonds. The first-order valence-electron chi connectivity index (χ1n) is 13.8. The molecule has 0 unspecified atom stereocenters. The van der Waals surface area contributed by atoms with Crippen molar-refractivity contribution >= 4 is 20.2 Å². The van der Waals surface area contributed by atoms with Gasteiger partial charge in [0.2, 0.25) is 0 Å². The first-order chi connectivity index (χ1) is 18.0. The maximum Gasteiger partial charge on any atom is 0.106 e. The Morgan fingerprint density at radius 2 is 1.08 bits per heavy atom. The molecule has 2 aliphatic carbocycles. The molecule has 0 heterocycles. The van der Waals surface area contributed by atoms with Crippen LogP contribution in [0.2, 0.25) is 12.6 Å². The maximum absolute atomic E-state index is 2.64. The third kappa shape index (κ3) is 4.26.